The van der Waals surface area contributed by atoms with E-state index in [0.29, 0.717) is 33.7 Å². The average molecular weight is 1240 g/mol. The number of nitrogens with zero attached hydrogens (tertiary/aromatic N) is 10. The Kier molecular flexibility index (Phi) is 20.8. The molecule has 8 N–H and O–H groups in total. The molecule has 0 unspecified atom stereocenters. The normalized spacial score (nSPS) is 21.4. The average Bonchev–Trinajstić information content (AvgIpc) is 1.68. The first-order valence-electron chi connectivity index (χ1n) is 28.0. The highest BCUT2D eigenvalue weighted by Gasteiger charge is 2.52. The van der Waals surface area contributed by atoms with Crippen molar-refractivity contribution < 1.29 is 68.8 Å². The lowest BCUT2D eigenvalue weighted by molar-refractivity contribution is -0.0361. The van der Waals surface area contributed by atoms with Crippen molar-refractivity contribution in [1.82, 2.24) is 48.8 Å². The minimum Gasteiger partial charge on any atom is -0.443 e. The summed E-state index contributed by atoms with van der Waals surface area (Å²) < 4.78 is 24.9. The second-order valence-corrected chi connectivity index (χ2v) is 25.8. The van der Waals surface area contributed by atoms with Crippen LogP contribution in [0.5, 0.6) is 0 Å². The van der Waals surface area contributed by atoms with Gasteiger partial charge in [-0.25, -0.2) is 38.9 Å². The lowest BCUT2D eigenvalue weighted by Crippen LogP contribution is -2.52. The number of hydrogen-bond acceptors (Lipinski definition) is 22. The smallest absolute Gasteiger partial charge is 0.420 e. The Bertz CT molecular complexity index is 3040. The van der Waals surface area contributed by atoms with Gasteiger partial charge < -0.3 is 69.4 Å². The standard InChI is InChI=1S/2C29H39ClN6O7/c2*1-28(2,3)42-26(40)36(27(41)43-29(4,5)6)19-13-18(21(38)22(19)39)35-15-31-20-23(33-25(30)34-24(20)35)32-17(14-37)12-16-10-8-7-9-11-16/h2*7-11,15,17-19,21-22,37-39H,12-14H2,1-6H3,(H,32,33,34)/t2*17-,18+,19-,21-,22+/m00/s1. The summed E-state index contributed by atoms with van der Waals surface area (Å²) >= 11 is 12.6. The second kappa shape index (κ2) is 26.9. The number of fused-ring (bicyclic) bond motifs is 2. The van der Waals surface area contributed by atoms with Crippen LogP contribution >= 0.6 is 23.2 Å². The van der Waals surface area contributed by atoms with Crippen LogP contribution in [0.4, 0.5) is 30.8 Å². The van der Waals surface area contributed by atoms with E-state index < -0.39 is 107 Å². The van der Waals surface area contributed by atoms with E-state index in [0.717, 1.165) is 11.1 Å². The molecule has 0 aliphatic heterocycles. The number of rotatable bonds is 14. The predicted molar refractivity (Wildman–Crippen MR) is 317 cm³/mol. The summed E-state index contributed by atoms with van der Waals surface area (Å²) in [7, 11) is 0. The molecule has 4 heterocycles. The number of amides is 4. The molecule has 26 nitrogen and oxygen atoms in total. The number of benzene rings is 2. The summed E-state index contributed by atoms with van der Waals surface area (Å²) in [5.74, 6) is 0.551. The van der Waals surface area contributed by atoms with E-state index in [4.69, 9.17) is 42.1 Å². The van der Waals surface area contributed by atoms with Crippen molar-refractivity contribution >= 4 is 81.5 Å². The van der Waals surface area contributed by atoms with Gasteiger partial charge in [-0.2, -0.15) is 19.9 Å². The highest BCUT2D eigenvalue weighted by Crippen LogP contribution is 2.40. The van der Waals surface area contributed by atoms with Gasteiger partial charge in [0.25, 0.3) is 0 Å². The number of carbonyl (C=O) groups is 4. The van der Waals surface area contributed by atoms with E-state index in [1.54, 1.807) is 83.1 Å². The quantitative estimate of drug-likeness (QED) is 0.0389. The number of nitrogens with one attached hydrogen (secondary N) is 2. The molecular formula is C58H78Cl2N12O14. The predicted octanol–water partition coefficient (Wildman–Crippen LogP) is 7.41. The van der Waals surface area contributed by atoms with Gasteiger partial charge >= 0.3 is 24.4 Å². The van der Waals surface area contributed by atoms with Gasteiger partial charge in [0.2, 0.25) is 10.6 Å². The molecule has 0 bridgehead atoms. The third kappa shape index (κ3) is 16.7. The molecule has 86 heavy (non-hydrogen) atoms. The Balaban J connectivity index is 0.000000246. The van der Waals surface area contributed by atoms with Gasteiger partial charge in [0.15, 0.2) is 34.0 Å². The molecule has 0 spiro atoms. The van der Waals surface area contributed by atoms with Gasteiger partial charge in [0, 0.05) is 0 Å². The number of aliphatic hydroxyl groups is 6. The SMILES string of the molecule is CC(C)(C)OC(=O)N(C(=O)OC(C)(C)C)[C@H]1C[C@@H](n2cnc3c(N[C@H](CO)Cc4ccccc4)nc(Cl)nc32)[C@H](O)[C@@H]1O.CC(C)(C)OC(=O)N(C(=O)OC(C)(C)C)[C@H]1C[C@@H](n2cnc3c(N[C@H](CO)Cc4ccccc4)nc(Cl)nc32)[C@H](O)[C@@H]1O. The summed E-state index contributed by atoms with van der Waals surface area (Å²) in [6.07, 6.45) is -6.29. The number of aromatic nitrogens is 8. The fraction of sp³-hybridized carbons (Fsp3) is 0.552. The highest BCUT2D eigenvalue weighted by molar-refractivity contribution is 6.29. The second-order valence-electron chi connectivity index (χ2n) is 25.1. The molecular weight excluding hydrogens is 1160 g/mol. The first-order chi connectivity index (χ1) is 40.1. The van der Waals surface area contributed by atoms with Gasteiger partial charge in [0.1, 0.15) is 46.8 Å². The maximum Gasteiger partial charge on any atom is 0.420 e. The Morgan fingerprint density at radius 3 is 1.10 bits per heavy atom. The largest absolute Gasteiger partial charge is 0.443 e. The number of anilines is 2. The van der Waals surface area contributed by atoms with Crippen LogP contribution in [0.2, 0.25) is 10.6 Å². The minimum atomic E-state index is -1.54. The topological polar surface area (TPSA) is 344 Å². The fourth-order valence-electron chi connectivity index (χ4n) is 9.94. The third-order valence-corrected chi connectivity index (χ3v) is 13.9. The van der Waals surface area contributed by atoms with Gasteiger partial charge in [-0.1, -0.05) is 60.7 Å². The van der Waals surface area contributed by atoms with E-state index in [-0.39, 0.29) is 59.6 Å². The number of imide groups is 2. The summed E-state index contributed by atoms with van der Waals surface area (Å²) in [6.45, 7) is 19.4. The van der Waals surface area contributed by atoms with Crippen LogP contribution in [0, 0.1) is 0 Å². The molecule has 4 amide bonds. The molecule has 2 fully saturated rings. The van der Waals surface area contributed by atoms with Crippen LogP contribution in [0.3, 0.4) is 0 Å². The Morgan fingerprint density at radius 1 is 0.523 bits per heavy atom. The first-order valence-corrected chi connectivity index (χ1v) is 28.8. The van der Waals surface area contributed by atoms with Crippen LogP contribution < -0.4 is 10.6 Å². The van der Waals surface area contributed by atoms with Crippen molar-refractivity contribution in [2.75, 3.05) is 23.8 Å². The lowest BCUT2D eigenvalue weighted by atomic mass is 10.1. The molecule has 2 aliphatic rings. The Labute approximate surface area is 507 Å². The van der Waals surface area contributed by atoms with Crippen LogP contribution in [0.25, 0.3) is 22.3 Å². The molecule has 4 aromatic heterocycles. The lowest BCUT2D eigenvalue weighted by Gasteiger charge is -2.33. The number of carbonyl (C=O) groups excluding carboxylic acids is 4. The molecule has 0 saturated heterocycles. The van der Waals surface area contributed by atoms with Crippen LogP contribution in [0.1, 0.15) is 119 Å². The molecule has 2 saturated carbocycles. The van der Waals surface area contributed by atoms with E-state index >= 15 is 0 Å². The number of imidazole rings is 2. The fourth-order valence-corrected chi connectivity index (χ4v) is 10.3. The van der Waals surface area contributed by atoms with Crippen molar-refractivity contribution in [3.05, 3.63) is 95.0 Å². The van der Waals surface area contributed by atoms with E-state index in [1.165, 1.54) is 21.8 Å². The van der Waals surface area contributed by atoms with Crippen LogP contribution in [-0.4, -0.2) is 188 Å². The third-order valence-electron chi connectivity index (χ3n) is 13.5. The van der Waals surface area contributed by atoms with Gasteiger partial charge in [-0.15, -0.1) is 0 Å². The molecule has 6 aromatic rings. The van der Waals surface area contributed by atoms with Gasteiger partial charge in [-0.3, -0.25) is 0 Å². The molecule has 10 atom stereocenters. The van der Waals surface area contributed by atoms with Crippen molar-refractivity contribution in [3.63, 3.8) is 0 Å². The Hall–Kier alpha value is -7.04. The molecule has 28 heteroatoms. The molecule has 0 radical (unpaired) electrons. The van der Waals surface area contributed by atoms with E-state index in [9.17, 15) is 49.8 Å². The van der Waals surface area contributed by atoms with Gasteiger partial charge in [-0.05, 0) is 143 Å². The molecule has 8 rings (SSSR count). The summed E-state index contributed by atoms with van der Waals surface area (Å²) in [5.41, 5.74) is -0.628. The van der Waals surface area contributed by atoms with Crippen molar-refractivity contribution in [2.45, 2.75) is 192 Å². The van der Waals surface area contributed by atoms with Crippen molar-refractivity contribution in [2.24, 2.45) is 0 Å². The summed E-state index contributed by atoms with van der Waals surface area (Å²) in [6, 6.07) is 14.3. The summed E-state index contributed by atoms with van der Waals surface area (Å²) in [5, 5.41) is 70.8. The zero-order valence-corrected chi connectivity index (χ0v) is 51.6. The van der Waals surface area contributed by atoms with Crippen molar-refractivity contribution in [1.29, 1.82) is 0 Å². The van der Waals surface area contributed by atoms with Crippen LogP contribution in [-0.2, 0) is 31.8 Å². The van der Waals surface area contributed by atoms with Crippen molar-refractivity contribution in [3.8, 4) is 0 Å². The highest BCUT2D eigenvalue weighted by atomic mass is 35.5. The number of ether oxygens (including phenoxy) is 4. The monoisotopic (exact) mass is 1240 g/mol. The first kappa shape index (κ1) is 66.5. The van der Waals surface area contributed by atoms with Gasteiger partial charge in [0.05, 0.1) is 62.1 Å². The Morgan fingerprint density at radius 2 is 0.826 bits per heavy atom. The number of halogens is 2. The number of hydrogen-bond donors (Lipinski definition) is 8. The maximum absolute atomic E-state index is 13.2. The summed E-state index contributed by atoms with van der Waals surface area (Å²) in [4.78, 5) is 80.3. The van der Waals surface area contributed by atoms with E-state index in [2.05, 4.69) is 40.5 Å². The van der Waals surface area contributed by atoms with E-state index in [1.807, 2.05) is 60.7 Å². The van der Waals surface area contributed by atoms with Crippen LogP contribution in [0.15, 0.2) is 73.3 Å². The zero-order chi connectivity index (χ0) is 63.4. The molecule has 2 aromatic carbocycles. The zero-order valence-electron chi connectivity index (χ0n) is 50.1. The molecule has 2 aliphatic carbocycles. The minimum absolute atomic E-state index is 0.0655. The number of aliphatic hydroxyl groups excluding tert-OH is 6. The molecule has 468 valence electrons. The maximum atomic E-state index is 13.2.